The van der Waals surface area contributed by atoms with Gasteiger partial charge in [-0.1, -0.05) is 89.6 Å². The van der Waals surface area contributed by atoms with Crippen LogP contribution in [-0.4, -0.2) is 27.5 Å². The van der Waals surface area contributed by atoms with Crippen LogP contribution < -0.4 is 4.74 Å². The fourth-order valence-electron chi connectivity index (χ4n) is 3.19. The maximum atomic E-state index is 5.89. The molecule has 5 heteroatoms. The zero-order valence-corrected chi connectivity index (χ0v) is 18.8. The van der Waals surface area contributed by atoms with E-state index in [1.807, 2.05) is 31.2 Å². The minimum atomic E-state index is 0.582. The van der Waals surface area contributed by atoms with Gasteiger partial charge in [0.25, 0.3) is 0 Å². The molecule has 0 spiro atoms. The van der Waals surface area contributed by atoms with Crippen LogP contribution >= 0.6 is 11.8 Å². The Labute approximate surface area is 187 Å². The van der Waals surface area contributed by atoms with E-state index in [4.69, 9.17) is 9.72 Å². The molecule has 0 fully saturated rings. The zero-order chi connectivity index (χ0) is 21.6. The lowest BCUT2D eigenvalue weighted by molar-refractivity contribution is 0.341. The zero-order valence-electron chi connectivity index (χ0n) is 18.0. The highest BCUT2D eigenvalue weighted by atomic mass is 32.2. The second kappa shape index (κ2) is 9.75. The molecule has 0 atom stereocenters. The summed E-state index contributed by atoms with van der Waals surface area (Å²) in [5, 5.41) is 9.60. The summed E-state index contributed by atoms with van der Waals surface area (Å²) in [6.45, 7) is 6.79. The second-order valence-electron chi connectivity index (χ2n) is 7.49. The summed E-state index contributed by atoms with van der Waals surface area (Å²) in [5.41, 5.74) is 7.25. The average molecular weight is 428 g/mol. The fraction of sp³-hybridized carbons (Fsp3) is 0.192. The maximum Gasteiger partial charge on any atom is 0.209 e. The summed E-state index contributed by atoms with van der Waals surface area (Å²) < 4.78 is 5.89. The van der Waals surface area contributed by atoms with Crippen molar-refractivity contribution in [1.82, 2.24) is 15.2 Å². The van der Waals surface area contributed by atoms with Crippen LogP contribution in [0, 0.1) is 20.8 Å². The molecule has 156 valence electrons. The molecule has 31 heavy (non-hydrogen) atoms. The molecule has 3 aromatic carbocycles. The van der Waals surface area contributed by atoms with E-state index in [2.05, 4.69) is 72.6 Å². The molecule has 1 aromatic heterocycles. The largest absolute Gasteiger partial charge is 0.492 e. The Morgan fingerprint density at radius 1 is 0.710 bits per heavy atom. The Balaban J connectivity index is 1.55. The van der Waals surface area contributed by atoms with Gasteiger partial charge >= 0.3 is 0 Å². The molecule has 0 radical (unpaired) electrons. The van der Waals surface area contributed by atoms with Crippen molar-refractivity contribution >= 4 is 11.8 Å². The molecule has 0 amide bonds. The Kier molecular flexibility index (Phi) is 6.63. The summed E-state index contributed by atoms with van der Waals surface area (Å²) >= 11 is 1.55. The van der Waals surface area contributed by atoms with Gasteiger partial charge in [-0.05, 0) is 32.4 Å². The van der Waals surface area contributed by atoms with Gasteiger partial charge in [-0.15, -0.1) is 10.2 Å². The van der Waals surface area contributed by atoms with Gasteiger partial charge in [0.05, 0.1) is 6.61 Å². The quantitative estimate of drug-likeness (QED) is 0.256. The number of para-hydroxylation sites is 1. The molecular weight excluding hydrogens is 402 g/mol. The molecule has 4 aromatic rings. The Morgan fingerprint density at radius 2 is 1.32 bits per heavy atom. The molecule has 4 nitrogen and oxygen atoms in total. The predicted molar refractivity (Wildman–Crippen MR) is 128 cm³/mol. The lowest BCUT2D eigenvalue weighted by atomic mass is 10.0. The maximum absolute atomic E-state index is 5.89. The molecule has 0 unspecified atom stereocenters. The number of nitrogens with zero attached hydrogens (tertiary/aromatic N) is 3. The Hall–Kier alpha value is -3.18. The molecule has 0 aliphatic heterocycles. The van der Waals surface area contributed by atoms with Crippen LogP contribution in [0.15, 0.2) is 78.0 Å². The molecule has 0 bridgehead atoms. The first-order valence-corrected chi connectivity index (χ1v) is 11.3. The van der Waals surface area contributed by atoms with Crippen LogP contribution in [0.25, 0.3) is 22.5 Å². The van der Waals surface area contributed by atoms with E-state index in [1.165, 1.54) is 11.1 Å². The lowest BCUT2D eigenvalue weighted by Crippen LogP contribution is -2.04. The first-order valence-electron chi connectivity index (χ1n) is 10.3. The summed E-state index contributed by atoms with van der Waals surface area (Å²) in [6.07, 6.45) is 0. The van der Waals surface area contributed by atoms with Crippen molar-refractivity contribution in [3.63, 3.8) is 0 Å². The van der Waals surface area contributed by atoms with E-state index in [-0.39, 0.29) is 0 Å². The van der Waals surface area contributed by atoms with Crippen LogP contribution in [-0.2, 0) is 0 Å². The van der Waals surface area contributed by atoms with Gasteiger partial charge in [-0.25, -0.2) is 4.98 Å². The third kappa shape index (κ3) is 5.30. The number of aromatic nitrogens is 3. The van der Waals surface area contributed by atoms with Gasteiger partial charge in [-0.2, -0.15) is 0 Å². The number of benzene rings is 3. The molecule has 0 aliphatic rings. The lowest BCUT2D eigenvalue weighted by Gasteiger charge is -2.11. The van der Waals surface area contributed by atoms with Crippen LogP contribution in [0.2, 0.25) is 0 Å². The number of rotatable bonds is 7. The van der Waals surface area contributed by atoms with Gasteiger partial charge in [-0.3, -0.25) is 0 Å². The topological polar surface area (TPSA) is 47.9 Å². The van der Waals surface area contributed by atoms with Gasteiger partial charge in [0.1, 0.15) is 17.1 Å². The van der Waals surface area contributed by atoms with Crippen molar-refractivity contribution < 1.29 is 4.74 Å². The van der Waals surface area contributed by atoms with Crippen molar-refractivity contribution in [2.24, 2.45) is 0 Å². The van der Waals surface area contributed by atoms with Crippen molar-refractivity contribution in [2.75, 3.05) is 12.4 Å². The molecule has 0 saturated carbocycles. The standard InChI is InChI=1S/C26H25N3OS/c1-18-8-12-21(13-9-18)24-25(22-14-10-19(2)11-15-22)28-29-26(27-24)31-17-16-30-23-7-5-4-6-20(23)3/h4-15H,16-17H2,1-3H3. The molecule has 0 aliphatic carbocycles. The molecule has 0 N–H and O–H groups in total. The molecule has 0 saturated heterocycles. The van der Waals surface area contributed by atoms with Crippen LogP contribution in [0.3, 0.4) is 0 Å². The van der Waals surface area contributed by atoms with Crippen molar-refractivity contribution in [3.05, 3.63) is 89.5 Å². The SMILES string of the molecule is Cc1ccc(-c2nnc(SCCOc3ccccc3C)nc2-c2ccc(C)cc2)cc1. The van der Waals surface area contributed by atoms with E-state index in [1.54, 1.807) is 11.8 Å². The van der Waals surface area contributed by atoms with Gasteiger partial charge in [0, 0.05) is 16.9 Å². The summed E-state index contributed by atoms with van der Waals surface area (Å²) in [5.74, 6) is 1.66. The predicted octanol–water partition coefficient (Wildman–Crippen LogP) is 6.30. The van der Waals surface area contributed by atoms with E-state index < -0.39 is 0 Å². The van der Waals surface area contributed by atoms with Crippen molar-refractivity contribution in [2.45, 2.75) is 25.9 Å². The smallest absolute Gasteiger partial charge is 0.209 e. The van der Waals surface area contributed by atoms with Crippen LogP contribution in [0.4, 0.5) is 0 Å². The fourth-order valence-corrected chi connectivity index (χ4v) is 3.80. The molecule has 1 heterocycles. The highest BCUT2D eigenvalue weighted by Crippen LogP contribution is 2.30. The van der Waals surface area contributed by atoms with E-state index in [9.17, 15) is 0 Å². The summed E-state index contributed by atoms with van der Waals surface area (Å²) in [7, 11) is 0. The third-order valence-electron chi connectivity index (χ3n) is 4.98. The van der Waals surface area contributed by atoms with Crippen molar-refractivity contribution in [1.29, 1.82) is 0 Å². The first kappa shape index (κ1) is 21.1. The van der Waals surface area contributed by atoms with E-state index >= 15 is 0 Å². The monoisotopic (exact) mass is 427 g/mol. The van der Waals surface area contributed by atoms with E-state index in [0.717, 1.165) is 39.6 Å². The number of thioether (sulfide) groups is 1. The third-order valence-corrected chi connectivity index (χ3v) is 5.78. The van der Waals surface area contributed by atoms with Gasteiger partial charge in [0.15, 0.2) is 0 Å². The van der Waals surface area contributed by atoms with Crippen LogP contribution in [0.5, 0.6) is 5.75 Å². The molecular formula is C26H25N3OS. The Morgan fingerprint density at radius 3 is 1.97 bits per heavy atom. The van der Waals surface area contributed by atoms with Crippen LogP contribution in [0.1, 0.15) is 16.7 Å². The van der Waals surface area contributed by atoms with Gasteiger partial charge < -0.3 is 4.74 Å². The second-order valence-corrected chi connectivity index (χ2v) is 8.55. The Bertz CT molecular complexity index is 1160. The minimum Gasteiger partial charge on any atom is -0.492 e. The highest BCUT2D eigenvalue weighted by Gasteiger charge is 2.14. The average Bonchev–Trinajstić information content (AvgIpc) is 2.79. The summed E-state index contributed by atoms with van der Waals surface area (Å²) in [6, 6.07) is 24.7. The minimum absolute atomic E-state index is 0.582. The first-order chi connectivity index (χ1) is 15.1. The van der Waals surface area contributed by atoms with Gasteiger partial charge in [0.2, 0.25) is 5.16 Å². The molecule has 4 rings (SSSR count). The van der Waals surface area contributed by atoms with E-state index in [0.29, 0.717) is 11.8 Å². The summed E-state index contributed by atoms with van der Waals surface area (Å²) in [4.78, 5) is 4.87. The van der Waals surface area contributed by atoms with Crippen molar-refractivity contribution in [3.8, 4) is 28.3 Å². The highest BCUT2D eigenvalue weighted by molar-refractivity contribution is 7.99. The number of ether oxygens (including phenoxy) is 1. The normalized spacial score (nSPS) is 10.8. The number of hydrogen-bond acceptors (Lipinski definition) is 5. The number of aryl methyl sites for hydroxylation is 3. The number of hydrogen-bond donors (Lipinski definition) is 0.